The van der Waals surface area contributed by atoms with Crippen LogP contribution in [0.25, 0.3) is 0 Å². The van der Waals surface area contributed by atoms with Gasteiger partial charge < -0.3 is 5.11 Å². The number of hydrogen-bond donors (Lipinski definition) is 1. The smallest absolute Gasteiger partial charge is 0.0661 e. The Morgan fingerprint density at radius 3 is 2.41 bits per heavy atom. The van der Waals surface area contributed by atoms with Crippen LogP contribution in [0.4, 0.5) is 0 Å². The molecule has 8 atom stereocenters. The summed E-state index contributed by atoms with van der Waals surface area (Å²) in [4.78, 5) is 0. The molecule has 0 amide bonds. The maximum absolute atomic E-state index is 10.3. The first-order chi connectivity index (χ1) is 10.5. The Hall–Kier alpha value is -0.550. The molecule has 0 bridgehead atoms. The van der Waals surface area contributed by atoms with Crippen LogP contribution in [0.15, 0.2) is 0 Å². The van der Waals surface area contributed by atoms with Crippen molar-refractivity contribution in [2.45, 2.75) is 77.7 Å². The van der Waals surface area contributed by atoms with E-state index in [1.807, 2.05) is 0 Å². The number of rotatable bonds is 0. The number of aliphatic hydroxyl groups excluding tert-OH is 1. The Bertz CT molecular complexity index is 496. The molecule has 1 N–H and O–H groups in total. The third-order valence-electron chi connectivity index (χ3n) is 8.74. The van der Waals surface area contributed by atoms with Gasteiger partial charge in [-0.1, -0.05) is 13.8 Å². The van der Waals surface area contributed by atoms with Crippen LogP contribution in [-0.4, -0.2) is 11.2 Å². The van der Waals surface area contributed by atoms with Crippen molar-refractivity contribution < 1.29 is 5.11 Å². The number of hydrogen-bond acceptors (Lipinski definition) is 2. The molecule has 0 spiro atoms. The second-order valence-corrected chi connectivity index (χ2v) is 9.40. The summed E-state index contributed by atoms with van der Waals surface area (Å²) in [5, 5.41) is 19.8. The van der Waals surface area contributed by atoms with Crippen LogP contribution in [0.2, 0.25) is 0 Å². The van der Waals surface area contributed by atoms with Crippen molar-refractivity contribution in [3.8, 4) is 6.07 Å². The van der Waals surface area contributed by atoms with E-state index in [9.17, 15) is 10.4 Å². The van der Waals surface area contributed by atoms with E-state index in [1.165, 1.54) is 38.5 Å². The van der Waals surface area contributed by atoms with Crippen molar-refractivity contribution in [1.29, 1.82) is 5.26 Å². The molecule has 0 aliphatic heterocycles. The Morgan fingerprint density at radius 2 is 1.64 bits per heavy atom. The van der Waals surface area contributed by atoms with E-state index in [4.69, 9.17) is 0 Å². The highest BCUT2D eigenvalue weighted by atomic mass is 16.3. The lowest BCUT2D eigenvalue weighted by atomic mass is 9.44. The van der Waals surface area contributed by atoms with Gasteiger partial charge in [-0.3, -0.25) is 0 Å². The summed E-state index contributed by atoms with van der Waals surface area (Å²) in [5.41, 5.74) is 0.652. The Labute approximate surface area is 135 Å². The molecule has 2 nitrogen and oxygen atoms in total. The van der Waals surface area contributed by atoms with Crippen molar-refractivity contribution in [2.24, 2.45) is 40.4 Å². The maximum Gasteiger partial charge on any atom is 0.0661 e. The van der Waals surface area contributed by atoms with Crippen LogP contribution in [0.3, 0.4) is 0 Å². The molecule has 4 aliphatic carbocycles. The number of nitriles is 1. The summed E-state index contributed by atoms with van der Waals surface area (Å²) in [6.45, 7) is 4.91. The summed E-state index contributed by atoms with van der Waals surface area (Å²) in [6.07, 6.45) is 10.9. The van der Waals surface area contributed by atoms with Crippen LogP contribution in [0.1, 0.15) is 71.6 Å². The molecule has 4 aliphatic rings. The topological polar surface area (TPSA) is 44.0 Å². The monoisotopic (exact) mass is 301 g/mol. The molecule has 0 aromatic heterocycles. The summed E-state index contributed by atoms with van der Waals surface area (Å²) < 4.78 is 0. The summed E-state index contributed by atoms with van der Waals surface area (Å²) in [7, 11) is 0. The van der Waals surface area contributed by atoms with E-state index in [1.54, 1.807) is 0 Å². The van der Waals surface area contributed by atoms with Crippen LogP contribution in [0, 0.1) is 51.8 Å². The lowest BCUT2D eigenvalue weighted by molar-refractivity contribution is -0.127. The van der Waals surface area contributed by atoms with E-state index < -0.39 is 0 Å². The molecular weight excluding hydrogens is 270 g/mol. The summed E-state index contributed by atoms with van der Waals surface area (Å²) >= 11 is 0. The van der Waals surface area contributed by atoms with E-state index >= 15 is 0 Å². The third-order valence-corrected chi connectivity index (χ3v) is 8.74. The van der Waals surface area contributed by atoms with Crippen molar-refractivity contribution in [3.63, 3.8) is 0 Å². The molecule has 2 heteroatoms. The molecule has 8 unspecified atom stereocenters. The first-order valence-electron chi connectivity index (χ1n) is 9.56. The Kier molecular flexibility index (Phi) is 3.39. The Morgan fingerprint density at radius 1 is 0.909 bits per heavy atom. The standard InChI is InChI=1S/C20H31NO/c1-19-10-9-18-16(17(19)8-5-14(19)12-21)7-4-13-3-6-15(22)11-20(13,18)2/h13-18,22H,3-11H2,1-2H3. The lowest BCUT2D eigenvalue weighted by Crippen LogP contribution is -2.54. The fraction of sp³-hybridized carbons (Fsp3) is 0.950. The quantitative estimate of drug-likeness (QED) is 0.714. The predicted octanol–water partition coefficient (Wildman–Crippen LogP) is 4.53. The maximum atomic E-state index is 10.3. The van der Waals surface area contributed by atoms with E-state index in [2.05, 4.69) is 19.9 Å². The van der Waals surface area contributed by atoms with Gasteiger partial charge in [0.2, 0.25) is 0 Å². The zero-order valence-corrected chi connectivity index (χ0v) is 14.2. The minimum absolute atomic E-state index is 0.0660. The van der Waals surface area contributed by atoms with E-state index in [-0.39, 0.29) is 11.5 Å². The second-order valence-electron chi connectivity index (χ2n) is 9.40. The van der Waals surface area contributed by atoms with Gasteiger partial charge in [0.05, 0.1) is 18.1 Å². The minimum atomic E-state index is -0.0660. The van der Waals surface area contributed by atoms with Crippen molar-refractivity contribution >= 4 is 0 Å². The number of fused-ring (bicyclic) bond motifs is 5. The van der Waals surface area contributed by atoms with Gasteiger partial charge in [0.1, 0.15) is 0 Å². The molecule has 22 heavy (non-hydrogen) atoms. The lowest BCUT2D eigenvalue weighted by Gasteiger charge is -2.60. The molecule has 4 fully saturated rings. The van der Waals surface area contributed by atoms with Crippen molar-refractivity contribution in [1.82, 2.24) is 0 Å². The van der Waals surface area contributed by atoms with E-state index in [0.29, 0.717) is 11.3 Å². The van der Waals surface area contributed by atoms with Gasteiger partial charge in [0.15, 0.2) is 0 Å². The zero-order chi connectivity index (χ0) is 15.5. The summed E-state index contributed by atoms with van der Waals surface area (Å²) in [5.74, 6) is 3.53. The minimum Gasteiger partial charge on any atom is -0.393 e. The van der Waals surface area contributed by atoms with Gasteiger partial charge in [0.25, 0.3) is 0 Å². The highest BCUT2D eigenvalue weighted by molar-refractivity contribution is 5.12. The van der Waals surface area contributed by atoms with Crippen molar-refractivity contribution in [3.05, 3.63) is 0 Å². The molecule has 0 aromatic carbocycles. The van der Waals surface area contributed by atoms with E-state index in [0.717, 1.165) is 42.9 Å². The van der Waals surface area contributed by atoms with Gasteiger partial charge in [0, 0.05) is 0 Å². The second kappa shape index (κ2) is 4.97. The first-order valence-corrected chi connectivity index (χ1v) is 9.56. The average Bonchev–Trinajstić information content (AvgIpc) is 2.82. The van der Waals surface area contributed by atoms with Crippen molar-refractivity contribution in [2.75, 3.05) is 0 Å². The average molecular weight is 301 g/mol. The van der Waals surface area contributed by atoms with Gasteiger partial charge >= 0.3 is 0 Å². The highest BCUT2D eigenvalue weighted by Gasteiger charge is 2.60. The highest BCUT2D eigenvalue weighted by Crippen LogP contribution is 2.67. The molecule has 0 saturated heterocycles. The van der Waals surface area contributed by atoms with Crippen LogP contribution >= 0.6 is 0 Å². The normalized spacial score (nSPS) is 57.4. The molecule has 4 rings (SSSR count). The SMILES string of the molecule is CC12CCC3C(CCC4CCC(O)CC43C)C1CCC2C#N. The summed E-state index contributed by atoms with van der Waals surface area (Å²) in [6, 6.07) is 2.63. The predicted molar refractivity (Wildman–Crippen MR) is 86.8 cm³/mol. The molecule has 4 saturated carbocycles. The fourth-order valence-corrected chi connectivity index (χ4v) is 7.54. The molecule has 0 aromatic rings. The van der Waals surface area contributed by atoms with Gasteiger partial charge in [-0.25, -0.2) is 0 Å². The Balaban J connectivity index is 1.64. The van der Waals surface area contributed by atoms with Crippen LogP contribution < -0.4 is 0 Å². The first kappa shape index (κ1) is 15.0. The van der Waals surface area contributed by atoms with Crippen LogP contribution in [-0.2, 0) is 0 Å². The fourth-order valence-electron chi connectivity index (χ4n) is 7.54. The number of aliphatic hydroxyl groups is 1. The molecule has 122 valence electrons. The zero-order valence-electron chi connectivity index (χ0n) is 14.2. The van der Waals surface area contributed by atoms with Crippen LogP contribution in [0.5, 0.6) is 0 Å². The molecule has 0 radical (unpaired) electrons. The van der Waals surface area contributed by atoms with Gasteiger partial charge in [-0.15, -0.1) is 0 Å². The largest absolute Gasteiger partial charge is 0.393 e. The molecule has 0 heterocycles. The molecular formula is C20H31NO. The van der Waals surface area contributed by atoms with Gasteiger partial charge in [-0.2, -0.15) is 5.26 Å². The third kappa shape index (κ3) is 1.87. The number of nitrogens with zero attached hydrogens (tertiary/aromatic N) is 1. The van der Waals surface area contributed by atoms with Gasteiger partial charge in [-0.05, 0) is 92.3 Å².